The summed E-state index contributed by atoms with van der Waals surface area (Å²) in [6.45, 7) is -0.157. The number of aliphatic hydroxyl groups excluding tert-OH is 1. The minimum Gasteiger partial charge on any atom is -0.457 e. The van der Waals surface area contributed by atoms with Crippen LogP contribution < -0.4 is 16.2 Å². The van der Waals surface area contributed by atoms with Crippen LogP contribution in [0.15, 0.2) is 64.9 Å². The molecule has 0 saturated carbocycles. The number of fused-ring (bicyclic) bond motifs is 1. The van der Waals surface area contributed by atoms with Crippen molar-refractivity contribution in [2.24, 2.45) is 0 Å². The molecule has 2 aromatic carbocycles. The van der Waals surface area contributed by atoms with E-state index in [1.807, 2.05) is 0 Å². The van der Waals surface area contributed by atoms with E-state index < -0.39 is 66.1 Å². The Balaban J connectivity index is 1.69. The molecular formula is C29H21F5N6O5S. The van der Waals surface area contributed by atoms with Gasteiger partial charge in [0.25, 0.3) is 11.5 Å². The molecule has 0 saturated heterocycles. The maximum Gasteiger partial charge on any atom is 0.490 e. The average molecular weight is 661 g/mol. The summed E-state index contributed by atoms with van der Waals surface area (Å²) in [6, 6.07) is 8.51. The van der Waals surface area contributed by atoms with Crippen LogP contribution in [0.3, 0.4) is 0 Å². The molecule has 1 unspecified atom stereocenters. The number of aromatic nitrogens is 4. The number of rotatable bonds is 9. The van der Waals surface area contributed by atoms with Crippen LogP contribution in [0.25, 0.3) is 28.0 Å². The summed E-state index contributed by atoms with van der Waals surface area (Å²) in [5, 5.41) is 17.1. The third-order valence-electron chi connectivity index (χ3n) is 6.52. The second-order valence-corrected chi connectivity index (χ2v) is 10.5. The van der Waals surface area contributed by atoms with Crippen molar-refractivity contribution in [3.05, 3.63) is 93.2 Å². The molecule has 3 N–H and O–H groups in total. The highest BCUT2D eigenvalue weighted by molar-refractivity contribution is 7.13. The minimum absolute atomic E-state index is 0.0448. The Morgan fingerprint density at radius 2 is 1.83 bits per heavy atom. The average Bonchev–Trinajstić information content (AvgIpc) is 3.52. The Kier molecular flexibility index (Phi) is 9.06. The number of nitrogens with one attached hydrogen (secondary N) is 2. The molecule has 0 fully saturated rings. The fourth-order valence-corrected chi connectivity index (χ4v) is 4.88. The van der Waals surface area contributed by atoms with E-state index in [1.54, 1.807) is 18.4 Å². The van der Waals surface area contributed by atoms with E-state index in [0.29, 0.717) is 20.8 Å². The molecule has 0 bridgehead atoms. The summed E-state index contributed by atoms with van der Waals surface area (Å²) >= 11 is 1.19. The van der Waals surface area contributed by atoms with Crippen molar-refractivity contribution in [2.75, 3.05) is 23.8 Å². The monoisotopic (exact) mass is 660 g/mol. The number of aryl methyl sites for hydroxylation is 1. The van der Waals surface area contributed by atoms with Crippen LogP contribution in [0.4, 0.5) is 33.0 Å². The van der Waals surface area contributed by atoms with E-state index in [-0.39, 0.29) is 22.3 Å². The molecule has 238 valence electrons. The maximum atomic E-state index is 15.0. The van der Waals surface area contributed by atoms with Gasteiger partial charge in [0, 0.05) is 34.2 Å². The number of esters is 1. The van der Waals surface area contributed by atoms with Gasteiger partial charge in [-0.2, -0.15) is 18.2 Å². The number of anilines is 2. The van der Waals surface area contributed by atoms with Crippen molar-refractivity contribution in [1.29, 1.82) is 0 Å². The van der Waals surface area contributed by atoms with E-state index in [9.17, 15) is 41.4 Å². The molecule has 46 heavy (non-hydrogen) atoms. The lowest BCUT2D eigenvalue weighted by Crippen LogP contribution is -2.35. The second kappa shape index (κ2) is 13.0. The number of ether oxygens (including phenoxy) is 1. The quantitative estimate of drug-likeness (QED) is 0.152. The van der Waals surface area contributed by atoms with Crippen molar-refractivity contribution >= 4 is 45.3 Å². The van der Waals surface area contributed by atoms with Crippen molar-refractivity contribution in [3.63, 3.8) is 0 Å². The summed E-state index contributed by atoms with van der Waals surface area (Å²) < 4.78 is 72.9. The molecule has 0 aliphatic rings. The highest BCUT2D eigenvalue weighted by atomic mass is 32.1. The number of pyridine rings is 1. The van der Waals surface area contributed by atoms with Gasteiger partial charge in [-0.25, -0.2) is 23.5 Å². The number of halogens is 5. The number of amides is 1. The molecule has 3 heterocycles. The van der Waals surface area contributed by atoms with Crippen molar-refractivity contribution in [1.82, 2.24) is 19.5 Å². The molecule has 0 spiro atoms. The number of carbonyl (C=O) groups is 2. The number of alkyl halides is 3. The van der Waals surface area contributed by atoms with Crippen LogP contribution >= 0.6 is 11.3 Å². The van der Waals surface area contributed by atoms with Crippen LogP contribution in [0, 0.1) is 18.6 Å². The van der Waals surface area contributed by atoms with Crippen molar-refractivity contribution < 1.29 is 41.4 Å². The van der Waals surface area contributed by atoms with Gasteiger partial charge in [-0.3, -0.25) is 19.5 Å². The maximum absolute atomic E-state index is 15.0. The number of aliphatic hydroxyl groups is 1. The highest BCUT2D eigenvalue weighted by Crippen LogP contribution is 2.32. The van der Waals surface area contributed by atoms with Gasteiger partial charge in [0.1, 0.15) is 23.9 Å². The smallest absolute Gasteiger partial charge is 0.457 e. The minimum atomic E-state index is -5.29. The molecule has 3 aromatic heterocycles. The molecule has 0 radical (unpaired) electrons. The normalized spacial score (nSPS) is 12.2. The largest absolute Gasteiger partial charge is 0.490 e. The Hall–Kier alpha value is -5.29. The van der Waals surface area contributed by atoms with Crippen molar-refractivity contribution in [3.8, 4) is 16.9 Å². The van der Waals surface area contributed by atoms with Gasteiger partial charge >= 0.3 is 12.1 Å². The van der Waals surface area contributed by atoms with Crippen LogP contribution in [0.1, 0.15) is 15.9 Å². The molecule has 17 heteroatoms. The van der Waals surface area contributed by atoms with Crippen LogP contribution in [0.2, 0.25) is 0 Å². The Morgan fingerprint density at radius 3 is 2.48 bits per heavy atom. The van der Waals surface area contributed by atoms with E-state index in [0.717, 1.165) is 24.3 Å². The summed E-state index contributed by atoms with van der Waals surface area (Å²) in [7, 11) is 0. The summed E-state index contributed by atoms with van der Waals surface area (Å²) in [5.74, 6) is -5.65. The zero-order valence-corrected chi connectivity index (χ0v) is 24.2. The van der Waals surface area contributed by atoms with Gasteiger partial charge in [-0.15, -0.1) is 11.3 Å². The van der Waals surface area contributed by atoms with Gasteiger partial charge in [-0.1, -0.05) is 12.1 Å². The number of para-hydroxylation sites is 1. The first kappa shape index (κ1) is 32.1. The van der Waals surface area contributed by atoms with Gasteiger partial charge in [0.2, 0.25) is 5.95 Å². The standard InChI is InChI=1S/C29H21F5N6O5S/c1-14-5-6-15(25(43)39-28-35-9-10-46-28)11-18(14)22-17-7-8-21(42)40(23-19(30)3-2-4-20(23)31)24(17)38-27(37-22)36-16(12-41)13-45-26(44)29(32,33)34/h2-11,16,41H,12-13H2,1H3,(H,35,39,43)(H,36,37,38). The lowest BCUT2D eigenvalue weighted by molar-refractivity contribution is -0.200. The molecule has 0 aliphatic carbocycles. The zero-order chi connectivity index (χ0) is 33.2. The number of hydrogen-bond donors (Lipinski definition) is 3. The van der Waals surface area contributed by atoms with Crippen LogP contribution in [-0.2, 0) is 9.53 Å². The number of carbonyl (C=O) groups excluding carboxylic acids is 2. The number of benzene rings is 2. The van der Waals surface area contributed by atoms with Crippen LogP contribution in [-0.4, -0.2) is 61.9 Å². The fraction of sp³-hybridized carbons (Fsp3) is 0.172. The second-order valence-electron chi connectivity index (χ2n) is 9.65. The lowest BCUT2D eigenvalue weighted by atomic mass is 9.99. The predicted molar refractivity (Wildman–Crippen MR) is 157 cm³/mol. The molecule has 11 nitrogen and oxygen atoms in total. The SMILES string of the molecule is Cc1ccc(C(=O)Nc2nccs2)cc1-c1nc(NC(CO)COC(=O)C(F)(F)F)nc2c1ccc(=O)n2-c1c(F)cccc1F. The summed E-state index contributed by atoms with van der Waals surface area (Å²) in [4.78, 5) is 50.0. The van der Waals surface area contributed by atoms with Gasteiger partial charge in [0.15, 0.2) is 10.8 Å². The summed E-state index contributed by atoms with van der Waals surface area (Å²) in [6.07, 6.45) is -3.79. The predicted octanol–water partition coefficient (Wildman–Crippen LogP) is 4.62. The van der Waals surface area contributed by atoms with Gasteiger partial charge < -0.3 is 15.2 Å². The van der Waals surface area contributed by atoms with E-state index in [2.05, 4.69) is 30.3 Å². The number of thiazole rings is 1. The molecule has 1 amide bonds. The van der Waals surface area contributed by atoms with Crippen LogP contribution in [0.5, 0.6) is 0 Å². The molecule has 0 aliphatic heterocycles. The molecule has 5 aromatic rings. The molecule has 1 atom stereocenters. The molecular weight excluding hydrogens is 639 g/mol. The third kappa shape index (κ3) is 6.69. The lowest BCUT2D eigenvalue weighted by Gasteiger charge is -2.20. The van der Waals surface area contributed by atoms with E-state index in [4.69, 9.17) is 0 Å². The first-order chi connectivity index (χ1) is 21.9. The number of nitrogens with zero attached hydrogens (tertiary/aromatic N) is 4. The fourth-order valence-electron chi connectivity index (χ4n) is 4.36. The highest BCUT2D eigenvalue weighted by Gasteiger charge is 2.41. The topological polar surface area (TPSA) is 148 Å². The van der Waals surface area contributed by atoms with Gasteiger partial charge in [-0.05, 0) is 42.8 Å². The molecule has 5 rings (SSSR count). The van der Waals surface area contributed by atoms with Crippen molar-refractivity contribution in [2.45, 2.75) is 19.1 Å². The van der Waals surface area contributed by atoms with Gasteiger partial charge in [0.05, 0.1) is 18.3 Å². The Labute approximate surface area is 259 Å². The third-order valence-corrected chi connectivity index (χ3v) is 7.21. The summed E-state index contributed by atoms with van der Waals surface area (Å²) in [5.41, 5.74) is -0.904. The first-order valence-electron chi connectivity index (χ1n) is 13.2. The Morgan fingerprint density at radius 1 is 1.09 bits per heavy atom. The first-order valence-corrected chi connectivity index (χ1v) is 14.1. The van der Waals surface area contributed by atoms with E-state index in [1.165, 1.54) is 35.7 Å². The number of hydrogen-bond acceptors (Lipinski definition) is 10. The zero-order valence-electron chi connectivity index (χ0n) is 23.4. The Bertz CT molecular complexity index is 1980. The van der Waals surface area contributed by atoms with E-state index >= 15 is 0 Å².